The van der Waals surface area contributed by atoms with Crippen LogP contribution in [-0.2, 0) is 12.8 Å². The summed E-state index contributed by atoms with van der Waals surface area (Å²) in [6, 6.07) is 7.28. The van der Waals surface area contributed by atoms with Crippen LogP contribution in [0, 0.1) is 27.7 Å². The maximum atomic E-state index is 5.07. The minimum atomic E-state index is 1.03. The van der Waals surface area contributed by atoms with E-state index in [2.05, 4.69) is 52.9 Å². The van der Waals surface area contributed by atoms with E-state index in [0.29, 0.717) is 0 Å². The molecule has 2 aromatic heterocycles. The van der Waals surface area contributed by atoms with Crippen molar-refractivity contribution in [3.63, 3.8) is 0 Å². The van der Waals surface area contributed by atoms with Crippen molar-refractivity contribution in [1.82, 2.24) is 9.97 Å². The number of aromatic nitrogens is 2. The molecule has 4 aromatic rings. The van der Waals surface area contributed by atoms with Gasteiger partial charge in [0.15, 0.2) is 8.68 Å². The van der Waals surface area contributed by atoms with Gasteiger partial charge in [0.1, 0.15) is 0 Å². The van der Waals surface area contributed by atoms with Gasteiger partial charge in [0.2, 0.25) is 0 Å². The predicted octanol–water partition coefficient (Wildman–Crippen LogP) is 10.4. The Hall–Kier alpha value is 0.0538. The molecule has 2 aromatic carbocycles. The molecule has 0 saturated carbocycles. The molecule has 2 heterocycles. The lowest BCUT2D eigenvalue weighted by Crippen LogP contribution is -1.96. The van der Waals surface area contributed by atoms with E-state index in [-0.39, 0.29) is 0 Å². The highest BCUT2D eigenvalue weighted by Gasteiger charge is 2.16. The van der Waals surface area contributed by atoms with Gasteiger partial charge in [-0.1, -0.05) is 38.0 Å². The Morgan fingerprint density at radius 2 is 1.11 bits per heavy atom. The summed E-state index contributed by atoms with van der Waals surface area (Å²) < 4.78 is 4.98. The second-order valence-corrected chi connectivity index (χ2v) is 19.6. The zero-order chi connectivity index (χ0) is 25.7. The molecule has 0 N–H and O–H groups in total. The molecule has 0 aliphatic heterocycles. The van der Waals surface area contributed by atoms with E-state index in [0.717, 1.165) is 40.6 Å². The van der Waals surface area contributed by atoms with E-state index in [9.17, 15) is 0 Å². The van der Waals surface area contributed by atoms with Crippen LogP contribution in [0.15, 0.2) is 20.8 Å². The van der Waals surface area contributed by atoms with E-state index in [1.165, 1.54) is 78.7 Å². The number of aryl methyl sites for hydroxylation is 4. The second kappa shape index (κ2) is 13.9. The van der Waals surface area contributed by atoms with Crippen LogP contribution in [0.5, 0.6) is 0 Å². The van der Waals surface area contributed by atoms with Gasteiger partial charge in [-0.15, -0.1) is 22.7 Å². The molecule has 4 rings (SSSR count). The number of hydrogen-bond donors (Lipinski definition) is 0. The van der Waals surface area contributed by atoms with E-state index >= 15 is 0 Å². The SMILES string of the molecule is C[Si]CCCc1c(C)c(C)cc2sc(SSSSc3nc4c(CCC[Si]C)c(C)c(C)cc4s3)nc12. The maximum absolute atomic E-state index is 5.07. The van der Waals surface area contributed by atoms with Crippen LogP contribution in [0.2, 0.25) is 25.2 Å². The molecular formula is C26H32N2S6Si2. The van der Waals surface area contributed by atoms with Crippen molar-refractivity contribution in [3.8, 4) is 0 Å². The van der Waals surface area contributed by atoms with Crippen molar-refractivity contribution >= 4 is 103 Å². The number of benzene rings is 2. The number of rotatable bonds is 13. The van der Waals surface area contributed by atoms with Crippen molar-refractivity contribution in [2.24, 2.45) is 0 Å². The fraction of sp³-hybridized carbons (Fsp3) is 0.462. The van der Waals surface area contributed by atoms with Gasteiger partial charge >= 0.3 is 0 Å². The Labute approximate surface area is 244 Å². The minimum Gasteiger partial charge on any atom is -0.228 e. The number of fused-ring (bicyclic) bond motifs is 2. The molecule has 0 aliphatic carbocycles. The Morgan fingerprint density at radius 3 is 1.50 bits per heavy atom. The predicted molar refractivity (Wildman–Crippen MR) is 175 cm³/mol. The zero-order valence-corrected chi connectivity index (χ0v) is 28.6. The van der Waals surface area contributed by atoms with Gasteiger partial charge in [-0.3, -0.25) is 0 Å². The highest BCUT2D eigenvalue weighted by molar-refractivity contribution is 9.26. The Kier molecular flexibility index (Phi) is 11.2. The highest BCUT2D eigenvalue weighted by atomic mass is 33.7. The van der Waals surface area contributed by atoms with E-state index < -0.39 is 0 Å². The number of hydrogen-bond acceptors (Lipinski definition) is 8. The summed E-state index contributed by atoms with van der Waals surface area (Å²) in [6.45, 7) is 13.6. The third-order valence-electron chi connectivity index (χ3n) is 6.57. The number of thiazole rings is 2. The van der Waals surface area contributed by atoms with Crippen molar-refractivity contribution < 1.29 is 0 Å². The third-order valence-corrected chi connectivity index (χ3v) is 16.9. The van der Waals surface area contributed by atoms with Crippen LogP contribution in [0.1, 0.15) is 46.2 Å². The van der Waals surface area contributed by atoms with Crippen LogP contribution in [0.4, 0.5) is 0 Å². The van der Waals surface area contributed by atoms with Gasteiger partial charge < -0.3 is 0 Å². The molecule has 0 unspecified atom stereocenters. The first-order chi connectivity index (χ1) is 17.4. The van der Waals surface area contributed by atoms with E-state index in [1.807, 2.05) is 22.7 Å². The van der Waals surface area contributed by atoms with Crippen LogP contribution < -0.4 is 0 Å². The van der Waals surface area contributed by atoms with E-state index in [1.54, 1.807) is 41.2 Å². The quantitative estimate of drug-likeness (QED) is 0.0838. The summed E-state index contributed by atoms with van der Waals surface area (Å²) in [5.74, 6) is 0. The van der Waals surface area contributed by atoms with Crippen LogP contribution >= 0.6 is 63.9 Å². The molecule has 190 valence electrons. The normalized spacial score (nSPS) is 11.8. The Morgan fingerprint density at radius 1 is 0.694 bits per heavy atom. The average molecular weight is 621 g/mol. The van der Waals surface area contributed by atoms with Gasteiger partial charge in [-0.05, 0) is 127 Å². The maximum Gasteiger partial charge on any atom is 0.162 e. The zero-order valence-electron chi connectivity index (χ0n) is 21.7. The van der Waals surface area contributed by atoms with E-state index in [4.69, 9.17) is 9.97 Å². The molecule has 2 nitrogen and oxygen atoms in total. The van der Waals surface area contributed by atoms with Crippen molar-refractivity contribution in [2.75, 3.05) is 0 Å². The van der Waals surface area contributed by atoms with Crippen molar-refractivity contribution in [3.05, 3.63) is 45.5 Å². The molecule has 0 aliphatic rings. The summed E-state index contributed by atoms with van der Waals surface area (Å²) in [5, 5.41) is 0. The smallest absolute Gasteiger partial charge is 0.162 e. The molecule has 0 saturated heterocycles. The largest absolute Gasteiger partial charge is 0.228 e. The van der Waals surface area contributed by atoms with Crippen molar-refractivity contribution in [1.29, 1.82) is 0 Å². The van der Waals surface area contributed by atoms with Gasteiger partial charge in [-0.2, -0.15) is 0 Å². The monoisotopic (exact) mass is 620 g/mol. The Balaban J connectivity index is 1.41. The average Bonchev–Trinajstić information content (AvgIpc) is 3.45. The first-order valence-electron chi connectivity index (χ1n) is 12.2. The molecule has 10 heteroatoms. The second-order valence-electron chi connectivity index (χ2n) is 8.96. The molecular weight excluding hydrogens is 589 g/mol. The summed E-state index contributed by atoms with van der Waals surface area (Å²) >= 11 is 3.67. The summed E-state index contributed by atoms with van der Waals surface area (Å²) in [7, 11) is 9.25. The van der Waals surface area contributed by atoms with Crippen molar-refractivity contribution in [2.45, 2.75) is 87.2 Å². The molecule has 36 heavy (non-hydrogen) atoms. The van der Waals surface area contributed by atoms with Crippen LogP contribution in [-0.4, -0.2) is 29.0 Å². The van der Waals surface area contributed by atoms with Gasteiger partial charge in [0.25, 0.3) is 0 Å². The first-order valence-corrected chi connectivity index (χ1v) is 22.1. The summed E-state index contributed by atoms with van der Waals surface area (Å²) in [5.41, 5.74) is 11.0. The Bertz CT molecular complexity index is 1230. The lowest BCUT2D eigenvalue weighted by Gasteiger charge is -2.09. The molecule has 0 amide bonds. The first kappa shape index (κ1) is 29.0. The molecule has 0 spiro atoms. The van der Waals surface area contributed by atoms with Gasteiger partial charge in [-0.25, -0.2) is 9.97 Å². The highest BCUT2D eigenvalue weighted by Crippen LogP contribution is 2.52. The van der Waals surface area contributed by atoms with Crippen LogP contribution in [0.25, 0.3) is 20.4 Å². The molecule has 0 bridgehead atoms. The number of nitrogens with zero attached hydrogens (tertiary/aromatic N) is 2. The minimum absolute atomic E-state index is 1.03. The molecule has 0 fully saturated rings. The third kappa shape index (κ3) is 6.97. The van der Waals surface area contributed by atoms with Crippen LogP contribution in [0.3, 0.4) is 0 Å². The van der Waals surface area contributed by atoms with Gasteiger partial charge in [0, 0.05) is 19.0 Å². The summed E-state index contributed by atoms with van der Waals surface area (Å²) in [4.78, 5) is 10.1. The standard InChI is InChI=1S/C26H32N2S6Si2/c1-15-13-21-23(19(17(15)3)9-7-11-35-5)27-25(29-21)31-33-34-32-26-28-24-20(10-8-12-36-6)18(4)16(2)14-22(24)30-26/h13-14H,7-12H2,1-6H3. The lowest BCUT2D eigenvalue weighted by atomic mass is 9.99. The molecule has 4 radical (unpaired) electrons. The fourth-order valence-corrected chi connectivity index (χ4v) is 14.2. The lowest BCUT2D eigenvalue weighted by molar-refractivity contribution is 0.908. The fourth-order valence-electron chi connectivity index (χ4n) is 4.35. The van der Waals surface area contributed by atoms with Gasteiger partial charge in [0.05, 0.1) is 20.4 Å². The summed E-state index contributed by atoms with van der Waals surface area (Å²) in [6.07, 6.45) is 4.82. The molecule has 0 atom stereocenters. The topological polar surface area (TPSA) is 25.8 Å².